The molecule has 26 heavy (non-hydrogen) atoms. The maximum absolute atomic E-state index is 14.6. The van der Waals surface area contributed by atoms with Gasteiger partial charge in [0.1, 0.15) is 24.1 Å². The van der Waals surface area contributed by atoms with Crippen LogP contribution in [0.1, 0.15) is 0 Å². The minimum Gasteiger partial charge on any atom is -0.443 e. The Morgan fingerprint density at radius 2 is 2.19 bits per heavy atom. The van der Waals surface area contributed by atoms with Crippen molar-refractivity contribution in [1.82, 2.24) is 14.5 Å². The molecule has 0 aliphatic carbocycles. The number of carbonyl (C=O) groups excluding carboxylic acids is 1. The maximum Gasteiger partial charge on any atom is 0.414 e. The summed E-state index contributed by atoms with van der Waals surface area (Å²) in [6, 6.07) is 8.20. The number of carbonyl (C=O) groups is 1. The lowest BCUT2D eigenvalue weighted by Crippen LogP contribution is -2.27. The molecule has 1 aliphatic rings. The van der Waals surface area contributed by atoms with Crippen molar-refractivity contribution in [3.05, 3.63) is 61.1 Å². The summed E-state index contributed by atoms with van der Waals surface area (Å²) < 4.78 is 21.5. The Balaban J connectivity index is 1.59. The van der Waals surface area contributed by atoms with Crippen LogP contribution in [0.5, 0.6) is 0 Å². The molecule has 0 bridgehead atoms. The number of ether oxygens (including phenoxy) is 1. The summed E-state index contributed by atoms with van der Waals surface area (Å²) in [7, 11) is 0. The number of rotatable bonds is 4. The number of aromatic nitrogens is 3. The molecule has 1 aliphatic heterocycles. The van der Waals surface area contributed by atoms with Gasteiger partial charge in [0.2, 0.25) is 0 Å². The second kappa shape index (κ2) is 6.57. The van der Waals surface area contributed by atoms with Gasteiger partial charge in [-0.15, -0.1) is 0 Å². The van der Waals surface area contributed by atoms with Crippen LogP contribution in [-0.2, 0) is 4.74 Å². The van der Waals surface area contributed by atoms with Gasteiger partial charge in [-0.05, 0) is 30.3 Å². The maximum atomic E-state index is 14.6. The summed E-state index contributed by atoms with van der Waals surface area (Å²) >= 11 is 0. The van der Waals surface area contributed by atoms with Crippen molar-refractivity contribution in [2.45, 2.75) is 6.10 Å². The zero-order chi connectivity index (χ0) is 18.1. The van der Waals surface area contributed by atoms with Crippen LogP contribution in [0.3, 0.4) is 0 Å². The summed E-state index contributed by atoms with van der Waals surface area (Å²) in [6.45, 7) is 0.549. The van der Waals surface area contributed by atoms with Crippen molar-refractivity contribution in [1.29, 1.82) is 0 Å². The molecule has 1 atom stereocenters. The molecule has 1 aromatic carbocycles. The SMILES string of the molecule is NCC1CN(c2ccc(-c3ccc(-n4ccnc4)nc3)c(F)c2)C(=O)O1. The molecule has 1 saturated heterocycles. The van der Waals surface area contributed by atoms with E-state index in [4.69, 9.17) is 10.5 Å². The number of benzene rings is 1. The number of nitrogens with zero attached hydrogens (tertiary/aromatic N) is 4. The number of halogens is 1. The molecule has 8 heteroatoms. The molecule has 1 fully saturated rings. The van der Waals surface area contributed by atoms with Gasteiger partial charge in [0.25, 0.3) is 0 Å². The third-order valence-corrected chi connectivity index (χ3v) is 4.23. The summed E-state index contributed by atoms with van der Waals surface area (Å²) in [5.74, 6) is 0.250. The van der Waals surface area contributed by atoms with Crippen LogP contribution in [0.2, 0.25) is 0 Å². The highest BCUT2D eigenvalue weighted by Gasteiger charge is 2.31. The van der Waals surface area contributed by atoms with Gasteiger partial charge in [-0.2, -0.15) is 0 Å². The largest absolute Gasteiger partial charge is 0.443 e. The lowest BCUT2D eigenvalue weighted by Gasteiger charge is -2.14. The quantitative estimate of drug-likeness (QED) is 0.778. The van der Waals surface area contributed by atoms with Gasteiger partial charge in [0.15, 0.2) is 0 Å². The van der Waals surface area contributed by atoms with Crippen LogP contribution in [0.25, 0.3) is 16.9 Å². The van der Waals surface area contributed by atoms with Gasteiger partial charge in [-0.3, -0.25) is 9.47 Å². The van der Waals surface area contributed by atoms with Crippen molar-refractivity contribution < 1.29 is 13.9 Å². The highest BCUT2D eigenvalue weighted by molar-refractivity contribution is 5.90. The molecule has 1 unspecified atom stereocenters. The van der Waals surface area contributed by atoms with Gasteiger partial charge >= 0.3 is 6.09 Å². The van der Waals surface area contributed by atoms with Gasteiger partial charge in [0.05, 0.1) is 12.2 Å². The molecule has 0 saturated carbocycles. The number of nitrogens with two attached hydrogens (primary N) is 1. The predicted molar refractivity (Wildman–Crippen MR) is 93.4 cm³/mol. The zero-order valence-corrected chi connectivity index (χ0v) is 13.7. The Morgan fingerprint density at radius 3 is 2.81 bits per heavy atom. The third kappa shape index (κ3) is 2.91. The van der Waals surface area contributed by atoms with E-state index in [-0.39, 0.29) is 12.6 Å². The number of hydrogen-bond donors (Lipinski definition) is 1. The lowest BCUT2D eigenvalue weighted by atomic mass is 10.1. The van der Waals surface area contributed by atoms with E-state index in [0.717, 1.165) is 0 Å². The molecule has 132 valence electrons. The van der Waals surface area contributed by atoms with Crippen molar-refractivity contribution in [2.75, 3.05) is 18.0 Å². The first-order valence-electron chi connectivity index (χ1n) is 8.08. The third-order valence-electron chi connectivity index (χ3n) is 4.23. The molecule has 7 nitrogen and oxygen atoms in total. The first-order valence-corrected chi connectivity index (χ1v) is 8.08. The van der Waals surface area contributed by atoms with E-state index >= 15 is 0 Å². The van der Waals surface area contributed by atoms with Gasteiger partial charge < -0.3 is 10.5 Å². The number of anilines is 1. The molecule has 1 amide bonds. The van der Waals surface area contributed by atoms with E-state index in [2.05, 4.69) is 9.97 Å². The predicted octanol–water partition coefficient (Wildman–Crippen LogP) is 2.36. The van der Waals surface area contributed by atoms with E-state index in [1.807, 2.05) is 0 Å². The van der Waals surface area contributed by atoms with E-state index in [1.165, 1.54) is 11.0 Å². The van der Waals surface area contributed by atoms with E-state index in [9.17, 15) is 9.18 Å². The normalized spacial score (nSPS) is 16.8. The van der Waals surface area contributed by atoms with Crippen LogP contribution < -0.4 is 10.6 Å². The van der Waals surface area contributed by atoms with Crippen molar-refractivity contribution >= 4 is 11.8 Å². The van der Waals surface area contributed by atoms with Gasteiger partial charge in [-0.25, -0.2) is 19.2 Å². The van der Waals surface area contributed by atoms with E-state index in [0.29, 0.717) is 29.2 Å². The zero-order valence-electron chi connectivity index (χ0n) is 13.7. The minimum atomic E-state index is -0.515. The van der Waals surface area contributed by atoms with E-state index < -0.39 is 11.9 Å². The highest BCUT2D eigenvalue weighted by atomic mass is 19.1. The van der Waals surface area contributed by atoms with Crippen LogP contribution in [0.4, 0.5) is 14.9 Å². The summed E-state index contributed by atoms with van der Waals surface area (Å²) in [6.07, 6.45) is 5.79. The molecule has 2 N–H and O–H groups in total. The van der Waals surface area contributed by atoms with Crippen molar-refractivity contribution in [3.8, 4) is 16.9 Å². The first-order chi connectivity index (χ1) is 12.7. The number of amides is 1. The number of hydrogen-bond acceptors (Lipinski definition) is 5. The molecule has 3 heterocycles. The number of imidazole rings is 1. The highest BCUT2D eigenvalue weighted by Crippen LogP contribution is 2.29. The Morgan fingerprint density at radius 1 is 1.31 bits per heavy atom. The average molecular weight is 353 g/mol. The van der Waals surface area contributed by atoms with Crippen LogP contribution in [0.15, 0.2) is 55.2 Å². The molecule has 2 aromatic heterocycles. The smallest absolute Gasteiger partial charge is 0.414 e. The van der Waals surface area contributed by atoms with Crippen molar-refractivity contribution in [2.24, 2.45) is 5.73 Å². The first kappa shape index (κ1) is 16.2. The fourth-order valence-corrected chi connectivity index (χ4v) is 2.85. The van der Waals surface area contributed by atoms with E-state index in [1.54, 1.807) is 53.8 Å². The number of pyridine rings is 1. The Labute approximate surface area is 148 Å². The topological polar surface area (TPSA) is 86.3 Å². The monoisotopic (exact) mass is 353 g/mol. The van der Waals surface area contributed by atoms with Crippen LogP contribution >= 0.6 is 0 Å². The molecule has 4 rings (SSSR count). The molecular weight excluding hydrogens is 337 g/mol. The molecule has 0 spiro atoms. The Bertz CT molecular complexity index is 927. The minimum absolute atomic E-state index is 0.234. The molecular formula is C18H16FN5O2. The molecule has 0 radical (unpaired) electrons. The Hall–Kier alpha value is -3.26. The summed E-state index contributed by atoms with van der Waals surface area (Å²) in [5.41, 5.74) is 7.01. The fourth-order valence-electron chi connectivity index (χ4n) is 2.85. The van der Waals surface area contributed by atoms with Crippen LogP contribution in [-0.4, -0.2) is 39.8 Å². The summed E-state index contributed by atoms with van der Waals surface area (Å²) in [5, 5.41) is 0. The Kier molecular flexibility index (Phi) is 4.10. The fraction of sp³-hybridized carbons (Fsp3) is 0.167. The van der Waals surface area contributed by atoms with Crippen LogP contribution in [0, 0.1) is 5.82 Å². The average Bonchev–Trinajstić information content (AvgIpc) is 3.31. The standard InChI is InChI=1S/C18H16FN5O2/c19-16-7-13(24-10-14(8-20)26-18(24)25)2-3-15(16)12-1-4-17(22-9-12)23-6-5-21-11-23/h1-7,9,11,14H,8,10,20H2. The van der Waals surface area contributed by atoms with Gasteiger partial charge in [0, 0.05) is 36.3 Å². The van der Waals surface area contributed by atoms with Gasteiger partial charge in [-0.1, -0.05) is 0 Å². The molecule has 3 aromatic rings. The number of cyclic esters (lactones) is 1. The second-order valence-corrected chi connectivity index (χ2v) is 5.89. The summed E-state index contributed by atoms with van der Waals surface area (Å²) in [4.78, 5) is 21.5. The second-order valence-electron chi connectivity index (χ2n) is 5.89. The van der Waals surface area contributed by atoms with Crippen molar-refractivity contribution in [3.63, 3.8) is 0 Å². The lowest BCUT2D eigenvalue weighted by molar-refractivity contribution is 0.145.